The highest BCUT2D eigenvalue weighted by Crippen LogP contribution is 2.22. The molecule has 132 valence electrons. The van der Waals surface area contributed by atoms with E-state index in [0.29, 0.717) is 17.8 Å². The molecular weight excluding hydrogens is 324 g/mol. The van der Waals surface area contributed by atoms with Crippen LogP contribution < -0.4 is 10.6 Å². The van der Waals surface area contributed by atoms with Gasteiger partial charge in [0.15, 0.2) is 12.3 Å². The summed E-state index contributed by atoms with van der Waals surface area (Å²) < 4.78 is 0. The summed E-state index contributed by atoms with van der Waals surface area (Å²) in [5.41, 5.74) is 2.46. The smallest absolute Gasteiger partial charge is 0.279 e. The Labute approximate surface area is 153 Å². The molecule has 0 fully saturated rings. The van der Waals surface area contributed by atoms with Gasteiger partial charge in [0, 0.05) is 16.8 Å². The van der Waals surface area contributed by atoms with E-state index in [2.05, 4.69) is 42.6 Å². The topological polar surface area (TPSA) is 62.8 Å². The third-order valence-electron chi connectivity index (χ3n) is 4.52. The Morgan fingerprint density at radius 2 is 1.73 bits per heavy atom. The molecule has 4 heteroatoms. The number of hydrogen-bond donors (Lipinski definition) is 2. The maximum atomic E-state index is 12.3. The second kappa shape index (κ2) is 7.93. The van der Waals surface area contributed by atoms with E-state index >= 15 is 0 Å². The molecule has 0 bridgehead atoms. The van der Waals surface area contributed by atoms with Gasteiger partial charge in [-0.05, 0) is 36.8 Å². The van der Waals surface area contributed by atoms with Gasteiger partial charge < -0.3 is 10.6 Å². The van der Waals surface area contributed by atoms with Crippen LogP contribution in [-0.2, 0) is 4.79 Å². The number of Topliss-reactive ketones (excluding diaryl/α,β-unsaturated/α-hetero) is 1. The molecule has 0 aliphatic carbocycles. The lowest BCUT2D eigenvalue weighted by Gasteiger charge is -2.14. The number of amides is 1. The summed E-state index contributed by atoms with van der Waals surface area (Å²) in [4.78, 5) is 23.7. The van der Waals surface area contributed by atoms with Crippen LogP contribution in [0.1, 0.15) is 35.8 Å². The highest BCUT2D eigenvalue weighted by molar-refractivity contribution is 5.97. The Morgan fingerprint density at radius 3 is 2.54 bits per heavy atom. The Bertz CT molecular complexity index is 944. The minimum Gasteiger partial charge on any atom is -0.332 e. The predicted octanol–water partition coefficient (Wildman–Crippen LogP) is 3.31. The molecule has 0 aliphatic heterocycles. The van der Waals surface area contributed by atoms with Crippen molar-refractivity contribution < 1.29 is 14.9 Å². The van der Waals surface area contributed by atoms with Gasteiger partial charge in [0.05, 0.1) is 0 Å². The van der Waals surface area contributed by atoms with Crippen LogP contribution in [0.5, 0.6) is 0 Å². The van der Waals surface area contributed by atoms with Crippen molar-refractivity contribution in [2.75, 3.05) is 11.9 Å². The fourth-order valence-electron chi connectivity index (χ4n) is 3.09. The van der Waals surface area contributed by atoms with Crippen LogP contribution in [0.3, 0.4) is 0 Å². The molecule has 1 atom stereocenters. The van der Waals surface area contributed by atoms with E-state index in [0.717, 1.165) is 0 Å². The molecule has 0 spiro atoms. The molecule has 0 heterocycles. The molecule has 4 nitrogen and oxygen atoms in total. The number of benzene rings is 3. The molecular formula is C22H23N2O2+. The summed E-state index contributed by atoms with van der Waals surface area (Å²) >= 11 is 0. The number of anilines is 1. The monoisotopic (exact) mass is 347 g/mol. The predicted molar refractivity (Wildman–Crippen MR) is 104 cm³/mol. The van der Waals surface area contributed by atoms with Gasteiger partial charge in [-0.15, -0.1) is 0 Å². The second-order valence-electron chi connectivity index (χ2n) is 6.48. The Morgan fingerprint density at radius 1 is 1.00 bits per heavy atom. The SMILES string of the molecule is CC(=O)c1cccc(NC(=O)C[NH2+][C@H](C)c2cccc3ccccc23)c1. The first-order valence-corrected chi connectivity index (χ1v) is 8.76. The first-order valence-electron chi connectivity index (χ1n) is 8.76. The lowest BCUT2D eigenvalue weighted by molar-refractivity contribution is -0.682. The second-order valence-corrected chi connectivity index (χ2v) is 6.48. The summed E-state index contributed by atoms with van der Waals surface area (Å²) in [6.07, 6.45) is 0. The van der Waals surface area contributed by atoms with Crippen molar-refractivity contribution >= 4 is 28.2 Å². The van der Waals surface area contributed by atoms with Crippen LogP contribution in [0.25, 0.3) is 10.8 Å². The molecule has 26 heavy (non-hydrogen) atoms. The van der Waals surface area contributed by atoms with Crippen molar-refractivity contribution in [1.29, 1.82) is 0 Å². The minimum absolute atomic E-state index is 0.0164. The lowest BCUT2D eigenvalue weighted by Crippen LogP contribution is -2.86. The van der Waals surface area contributed by atoms with E-state index in [1.807, 2.05) is 17.4 Å². The van der Waals surface area contributed by atoms with E-state index in [4.69, 9.17) is 0 Å². The van der Waals surface area contributed by atoms with Gasteiger partial charge in [-0.1, -0.05) is 54.6 Å². The van der Waals surface area contributed by atoms with Crippen LogP contribution in [-0.4, -0.2) is 18.2 Å². The zero-order valence-electron chi connectivity index (χ0n) is 15.0. The van der Waals surface area contributed by atoms with E-state index in [1.165, 1.54) is 23.3 Å². The number of fused-ring (bicyclic) bond motifs is 1. The summed E-state index contributed by atoms with van der Waals surface area (Å²) in [5.74, 6) is -0.102. The molecule has 0 aromatic heterocycles. The fraction of sp³-hybridized carbons (Fsp3) is 0.182. The van der Waals surface area contributed by atoms with Crippen molar-refractivity contribution in [1.82, 2.24) is 0 Å². The first-order chi connectivity index (χ1) is 12.5. The normalized spacial score (nSPS) is 11.9. The maximum Gasteiger partial charge on any atom is 0.279 e. The van der Waals surface area contributed by atoms with Crippen LogP contribution in [0.15, 0.2) is 66.7 Å². The Balaban J connectivity index is 1.64. The van der Waals surface area contributed by atoms with Gasteiger partial charge in [-0.25, -0.2) is 0 Å². The zero-order chi connectivity index (χ0) is 18.5. The van der Waals surface area contributed by atoms with Gasteiger partial charge >= 0.3 is 0 Å². The van der Waals surface area contributed by atoms with Crippen LogP contribution in [0, 0.1) is 0 Å². The van der Waals surface area contributed by atoms with Crippen molar-refractivity contribution in [3.63, 3.8) is 0 Å². The number of nitrogens with two attached hydrogens (primary N) is 1. The number of nitrogens with one attached hydrogen (secondary N) is 1. The maximum absolute atomic E-state index is 12.3. The largest absolute Gasteiger partial charge is 0.332 e. The average molecular weight is 347 g/mol. The minimum atomic E-state index is -0.0854. The molecule has 3 aromatic carbocycles. The lowest BCUT2D eigenvalue weighted by atomic mass is 10.00. The molecule has 3 aromatic rings. The number of hydrogen-bond acceptors (Lipinski definition) is 2. The zero-order valence-corrected chi connectivity index (χ0v) is 15.0. The Hall–Kier alpha value is -2.98. The van der Waals surface area contributed by atoms with Crippen molar-refractivity contribution in [3.8, 4) is 0 Å². The number of carbonyl (C=O) groups excluding carboxylic acids is 2. The molecule has 0 saturated heterocycles. The number of quaternary nitrogens is 1. The number of ketones is 1. The molecule has 0 radical (unpaired) electrons. The van der Waals surface area contributed by atoms with Crippen molar-refractivity contribution in [2.24, 2.45) is 0 Å². The standard InChI is InChI=1S/C22H22N2O2/c1-15(20-12-6-8-17-7-3-4-11-21(17)20)23-14-22(26)24-19-10-5-9-18(13-19)16(2)25/h3-13,15,23H,14H2,1-2H3,(H,24,26)/p+1/t15-/m1/s1. The highest BCUT2D eigenvalue weighted by atomic mass is 16.2. The van der Waals surface area contributed by atoms with Crippen LogP contribution >= 0.6 is 0 Å². The Kier molecular flexibility index (Phi) is 5.44. The van der Waals surface area contributed by atoms with Crippen molar-refractivity contribution in [2.45, 2.75) is 19.9 Å². The van der Waals surface area contributed by atoms with Crippen LogP contribution in [0.2, 0.25) is 0 Å². The third-order valence-corrected chi connectivity index (χ3v) is 4.52. The van der Waals surface area contributed by atoms with Crippen molar-refractivity contribution in [3.05, 3.63) is 77.9 Å². The third kappa shape index (κ3) is 4.16. The van der Waals surface area contributed by atoms with E-state index < -0.39 is 0 Å². The summed E-state index contributed by atoms with van der Waals surface area (Å²) in [6, 6.07) is 21.7. The molecule has 0 unspecified atom stereocenters. The molecule has 3 N–H and O–H groups in total. The highest BCUT2D eigenvalue weighted by Gasteiger charge is 2.14. The van der Waals surface area contributed by atoms with E-state index in [-0.39, 0.29) is 17.7 Å². The number of carbonyl (C=O) groups is 2. The van der Waals surface area contributed by atoms with Gasteiger partial charge in [0.2, 0.25) is 0 Å². The first kappa shape index (κ1) is 17.8. The molecule has 1 amide bonds. The van der Waals surface area contributed by atoms with Gasteiger partial charge in [0.25, 0.3) is 5.91 Å². The summed E-state index contributed by atoms with van der Waals surface area (Å²) in [5, 5.41) is 7.30. The quantitative estimate of drug-likeness (QED) is 0.672. The molecule has 3 rings (SSSR count). The molecule has 0 aliphatic rings. The average Bonchev–Trinajstić information content (AvgIpc) is 2.66. The van der Waals surface area contributed by atoms with Gasteiger partial charge in [-0.3, -0.25) is 9.59 Å². The van der Waals surface area contributed by atoms with Gasteiger partial charge in [0.1, 0.15) is 6.04 Å². The van der Waals surface area contributed by atoms with Gasteiger partial charge in [-0.2, -0.15) is 0 Å². The van der Waals surface area contributed by atoms with E-state index in [9.17, 15) is 9.59 Å². The fourth-order valence-corrected chi connectivity index (χ4v) is 3.09. The summed E-state index contributed by atoms with van der Waals surface area (Å²) in [7, 11) is 0. The number of rotatable bonds is 6. The molecule has 0 saturated carbocycles. The summed E-state index contributed by atoms with van der Waals surface area (Å²) in [6.45, 7) is 3.93. The van der Waals surface area contributed by atoms with E-state index in [1.54, 1.807) is 24.3 Å². The van der Waals surface area contributed by atoms with Crippen LogP contribution in [0.4, 0.5) is 5.69 Å².